The average Bonchev–Trinajstić information content (AvgIpc) is 3.58. The molecule has 0 spiro atoms. The Morgan fingerprint density at radius 1 is 0.956 bits per heavy atom. The number of carboxylic acid groups (broad SMARTS) is 1. The number of ether oxygens (including phenoxy) is 2. The van der Waals surface area contributed by atoms with Gasteiger partial charge in [0.1, 0.15) is 17.6 Å². The first-order valence-electron chi connectivity index (χ1n) is 15.5. The monoisotopic (exact) mass is 651 g/mol. The quantitative estimate of drug-likeness (QED) is 0.181. The van der Waals surface area contributed by atoms with Crippen molar-refractivity contribution >= 4 is 29.2 Å². The maximum absolute atomic E-state index is 11.8. The van der Waals surface area contributed by atoms with Crippen LogP contribution in [0.15, 0.2) is 33.6 Å². The van der Waals surface area contributed by atoms with Crippen LogP contribution >= 0.6 is 23.2 Å². The van der Waals surface area contributed by atoms with E-state index in [2.05, 4.69) is 20.3 Å². The fraction of sp³-hybridized carbons (Fsp3) is 0.500. The fourth-order valence-corrected chi connectivity index (χ4v) is 7.44. The van der Waals surface area contributed by atoms with Crippen LogP contribution in [-0.2, 0) is 16.8 Å². The molecule has 0 radical (unpaired) electrons. The van der Waals surface area contributed by atoms with E-state index in [-0.39, 0.29) is 28.7 Å². The number of hydrogen-bond donors (Lipinski definition) is 1. The standard InChI is InChI=1S/C32H31Cl2N5O6/c33-21-14-35-15-22(34)25(21)26-20(27(44-38-26)17-4-5-17)16-42-32-9-6-31(7-10-32,8-11-32)30-37-28(39-45-30)18-12-23(29(40)41)36-24(13-18)43-19-2-1-3-19/h12-15,17,19H,1-11,16H2,(H,40,41). The summed E-state index contributed by atoms with van der Waals surface area (Å²) in [6.07, 6.45) is 13.3. The van der Waals surface area contributed by atoms with Crippen molar-refractivity contribution in [3.05, 3.63) is 57.5 Å². The molecule has 0 aliphatic heterocycles. The molecular weight excluding hydrogens is 621 g/mol. The Kier molecular flexibility index (Phi) is 7.11. The highest BCUT2D eigenvalue weighted by Gasteiger charge is 2.53. The first-order chi connectivity index (χ1) is 21.8. The number of aromatic carboxylic acids is 1. The summed E-state index contributed by atoms with van der Waals surface area (Å²) in [4.78, 5) is 24.8. The van der Waals surface area contributed by atoms with E-state index in [1.807, 2.05) is 0 Å². The minimum atomic E-state index is -1.14. The molecule has 13 heteroatoms. The lowest BCUT2D eigenvalue weighted by atomic mass is 9.58. The molecule has 4 aromatic rings. The van der Waals surface area contributed by atoms with Gasteiger partial charge in [-0.2, -0.15) is 4.98 Å². The van der Waals surface area contributed by atoms with E-state index < -0.39 is 5.97 Å². The van der Waals surface area contributed by atoms with Gasteiger partial charge in [0.2, 0.25) is 17.6 Å². The topological polar surface area (TPSA) is 146 Å². The van der Waals surface area contributed by atoms with E-state index in [0.717, 1.165) is 82.0 Å². The second-order valence-electron chi connectivity index (χ2n) is 12.9. The van der Waals surface area contributed by atoms with Gasteiger partial charge in [0.05, 0.1) is 27.7 Å². The molecule has 5 fully saturated rings. The average molecular weight is 653 g/mol. The number of carbonyl (C=O) groups is 1. The minimum absolute atomic E-state index is 0.0592. The van der Waals surface area contributed by atoms with Gasteiger partial charge in [0.25, 0.3) is 0 Å². The van der Waals surface area contributed by atoms with E-state index in [9.17, 15) is 9.90 Å². The Bertz CT molecular complexity index is 1740. The van der Waals surface area contributed by atoms with Crippen molar-refractivity contribution < 1.29 is 28.4 Å². The van der Waals surface area contributed by atoms with Crippen molar-refractivity contribution in [3.63, 3.8) is 0 Å². The number of rotatable bonds is 10. The summed E-state index contributed by atoms with van der Waals surface area (Å²) in [6.45, 7) is 0.358. The zero-order valence-electron chi connectivity index (χ0n) is 24.4. The van der Waals surface area contributed by atoms with E-state index in [4.69, 9.17) is 46.7 Å². The molecule has 0 unspecified atom stereocenters. The lowest BCUT2D eigenvalue weighted by molar-refractivity contribution is -0.130. The molecule has 45 heavy (non-hydrogen) atoms. The first kappa shape index (κ1) is 28.9. The molecule has 2 bridgehead atoms. The van der Waals surface area contributed by atoms with Crippen molar-refractivity contribution in [3.8, 4) is 28.5 Å². The van der Waals surface area contributed by atoms with Crippen molar-refractivity contribution in [2.45, 2.75) is 100 Å². The van der Waals surface area contributed by atoms with E-state index >= 15 is 0 Å². The van der Waals surface area contributed by atoms with Gasteiger partial charge < -0.3 is 23.6 Å². The number of hydrogen-bond acceptors (Lipinski definition) is 10. The lowest BCUT2D eigenvalue weighted by Crippen LogP contribution is -2.49. The number of halogens is 2. The molecule has 0 atom stereocenters. The van der Waals surface area contributed by atoms with Crippen molar-refractivity contribution in [2.75, 3.05) is 0 Å². The lowest BCUT2D eigenvalue weighted by Gasteiger charge is -2.51. The van der Waals surface area contributed by atoms with Crippen molar-refractivity contribution in [2.24, 2.45) is 0 Å². The Morgan fingerprint density at radius 2 is 1.69 bits per heavy atom. The Morgan fingerprint density at radius 3 is 2.33 bits per heavy atom. The van der Waals surface area contributed by atoms with Crippen LogP contribution in [0.5, 0.6) is 5.88 Å². The van der Waals surface area contributed by atoms with Crippen LogP contribution in [0.25, 0.3) is 22.6 Å². The SMILES string of the molecule is O=C(O)c1cc(-c2noc(C34CCC(OCc5c(-c6c(Cl)cncc6Cl)noc5C5CC5)(CC3)CC4)n2)cc(OC2CCC2)n1. The maximum atomic E-state index is 11.8. The van der Waals surface area contributed by atoms with Crippen molar-refractivity contribution in [1.82, 2.24) is 25.3 Å². The summed E-state index contributed by atoms with van der Waals surface area (Å²) >= 11 is 13.0. The summed E-state index contributed by atoms with van der Waals surface area (Å²) in [5, 5.41) is 19.1. The maximum Gasteiger partial charge on any atom is 0.354 e. The molecule has 5 aliphatic carbocycles. The molecule has 1 N–H and O–H groups in total. The van der Waals surface area contributed by atoms with Gasteiger partial charge in [0, 0.05) is 41.1 Å². The molecule has 0 amide bonds. The van der Waals surface area contributed by atoms with Gasteiger partial charge in [-0.15, -0.1) is 0 Å². The molecule has 9 rings (SSSR count). The predicted molar refractivity (Wildman–Crippen MR) is 161 cm³/mol. The van der Waals surface area contributed by atoms with Gasteiger partial charge in [-0.05, 0) is 76.7 Å². The summed E-state index contributed by atoms with van der Waals surface area (Å²) in [5.41, 5.74) is 2.02. The van der Waals surface area contributed by atoms with Crippen LogP contribution in [0.1, 0.15) is 104 Å². The molecule has 4 aromatic heterocycles. The summed E-state index contributed by atoms with van der Waals surface area (Å²) in [7, 11) is 0. The summed E-state index contributed by atoms with van der Waals surface area (Å²) < 4.78 is 24.4. The van der Waals surface area contributed by atoms with Gasteiger partial charge >= 0.3 is 5.97 Å². The summed E-state index contributed by atoms with van der Waals surface area (Å²) in [6, 6.07) is 3.16. The number of nitrogens with zero attached hydrogens (tertiary/aromatic N) is 5. The fourth-order valence-electron chi connectivity index (χ4n) is 6.90. The molecule has 5 aliphatic rings. The van der Waals surface area contributed by atoms with Crippen LogP contribution in [0, 0.1) is 0 Å². The molecule has 5 saturated carbocycles. The number of aromatic nitrogens is 5. The Labute approximate surface area is 268 Å². The highest BCUT2D eigenvalue weighted by molar-refractivity contribution is 6.38. The van der Waals surface area contributed by atoms with Gasteiger partial charge in [0.15, 0.2) is 5.69 Å². The van der Waals surface area contributed by atoms with Gasteiger partial charge in [-0.25, -0.2) is 9.78 Å². The molecule has 0 saturated heterocycles. The number of fused-ring (bicyclic) bond motifs is 3. The Hall–Kier alpha value is -3.54. The van der Waals surface area contributed by atoms with Crippen LogP contribution in [-0.4, -0.2) is 48.0 Å². The van der Waals surface area contributed by atoms with Crippen LogP contribution < -0.4 is 4.74 Å². The van der Waals surface area contributed by atoms with E-state index in [1.54, 1.807) is 18.5 Å². The molecule has 11 nitrogen and oxygen atoms in total. The minimum Gasteiger partial charge on any atom is -0.477 e. The number of carboxylic acids is 1. The molecule has 4 heterocycles. The molecular formula is C32H31Cl2N5O6. The molecule has 234 valence electrons. The van der Waals surface area contributed by atoms with E-state index in [1.165, 1.54) is 6.07 Å². The largest absolute Gasteiger partial charge is 0.477 e. The van der Waals surface area contributed by atoms with Gasteiger partial charge in [-0.1, -0.05) is 33.5 Å². The third kappa shape index (κ3) is 5.28. The third-order valence-corrected chi connectivity index (χ3v) is 10.6. The second-order valence-corrected chi connectivity index (χ2v) is 13.7. The predicted octanol–water partition coefficient (Wildman–Crippen LogP) is 7.56. The van der Waals surface area contributed by atoms with Crippen LogP contribution in [0.3, 0.4) is 0 Å². The third-order valence-electron chi connectivity index (χ3n) is 10.1. The zero-order valence-corrected chi connectivity index (χ0v) is 25.9. The normalized spacial score (nSPS) is 24.5. The van der Waals surface area contributed by atoms with Crippen molar-refractivity contribution in [1.29, 1.82) is 0 Å². The highest BCUT2D eigenvalue weighted by Crippen LogP contribution is 2.55. The summed E-state index contributed by atoms with van der Waals surface area (Å²) in [5.74, 6) is 1.25. The highest BCUT2D eigenvalue weighted by atomic mass is 35.5. The van der Waals surface area contributed by atoms with E-state index in [0.29, 0.717) is 51.1 Å². The zero-order chi connectivity index (χ0) is 30.8. The smallest absolute Gasteiger partial charge is 0.354 e. The first-order valence-corrected chi connectivity index (χ1v) is 16.3. The number of pyridine rings is 2. The molecule has 0 aromatic carbocycles. The van der Waals surface area contributed by atoms with Crippen LogP contribution in [0.2, 0.25) is 10.0 Å². The second kappa shape index (κ2) is 11.1. The van der Waals surface area contributed by atoms with Crippen LogP contribution in [0.4, 0.5) is 0 Å². The Balaban J connectivity index is 0.994. The van der Waals surface area contributed by atoms with Gasteiger partial charge in [-0.3, -0.25) is 4.98 Å².